The first-order chi connectivity index (χ1) is 15.0. The third-order valence-electron chi connectivity index (χ3n) is 4.52. The molecular formula is C22H22N2O6S. The Morgan fingerprint density at radius 2 is 1.68 bits per heavy atom. The Bertz CT molecular complexity index is 997. The number of ether oxygens (including phenoxy) is 3. The van der Waals surface area contributed by atoms with E-state index in [-0.39, 0.29) is 23.9 Å². The van der Waals surface area contributed by atoms with E-state index in [0.717, 1.165) is 16.7 Å². The molecule has 9 heteroatoms. The van der Waals surface area contributed by atoms with Gasteiger partial charge in [-0.25, -0.2) is 0 Å². The van der Waals surface area contributed by atoms with Crippen molar-refractivity contribution in [2.45, 2.75) is 0 Å². The zero-order chi connectivity index (χ0) is 22.4. The number of hydrogen-bond acceptors (Lipinski definition) is 7. The zero-order valence-electron chi connectivity index (χ0n) is 17.3. The number of nitrogens with one attached hydrogen (secondary N) is 1. The lowest BCUT2D eigenvalue weighted by Gasteiger charge is -2.13. The molecule has 1 fully saturated rings. The van der Waals surface area contributed by atoms with Crippen LogP contribution in [0.3, 0.4) is 0 Å². The second kappa shape index (κ2) is 10.0. The molecule has 1 heterocycles. The van der Waals surface area contributed by atoms with Gasteiger partial charge in [0.25, 0.3) is 17.1 Å². The molecule has 2 aromatic rings. The minimum Gasteiger partial charge on any atom is -0.493 e. The molecule has 0 saturated carbocycles. The Balaban J connectivity index is 1.70. The van der Waals surface area contributed by atoms with Crippen LogP contribution in [0.4, 0.5) is 4.79 Å². The van der Waals surface area contributed by atoms with E-state index in [9.17, 15) is 14.4 Å². The van der Waals surface area contributed by atoms with E-state index in [2.05, 4.69) is 5.32 Å². The van der Waals surface area contributed by atoms with Gasteiger partial charge in [0.15, 0.2) is 11.5 Å². The zero-order valence-corrected chi connectivity index (χ0v) is 18.2. The molecule has 0 bridgehead atoms. The Morgan fingerprint density at radius 3 is 2.26 bits per heavy atom. The predicted molar refractivity (Wildman–Crippen MR) is 118 cm³/mol. The SMILES string of the molecule is COc1cc(/C=C2/SC(=O)N(CCNC(=O)c3ccccc3)C2=O)cc(OC)c1OC. The molecule has 31 heavy (non-hydrogen) atoms. The summed E-state index contributed by atoms with van der Waals surface area (Å²) in [5.74, 6) is 0.634. The van der Waals surface area contributed by atoms with Crippen molar-refractivity contribution in [1.29, 1.82) is 0 Å². The van der Waals surface area contributed by atoms with Crippen molar-refractivity contribution in [2.24, 2.45) is 0 Å². The number of thioether (sulfide) groups is 1. The van der Waals surface area contributed by atoms with Crippen LogP contribution in [0.15, 0.2) is 47.4 Å². The van der Waals surface area contributed by atoms with Crippen LogP contribution >= 0.6 is 11.8 Å². The van der Waals surface area contributed by atoms with Crippen LogP contribution in [-0.2, 0) is 4.79 Å². The molecule has 1 N–H and O–H groups in total. The fourth-order valence-corrected chi connectivity index (χ4v) is 3.87. The van der Waals surface area contributed by atoms with Crippen molar-refractivity contribution >= 4 is 34.9 Å². The number of nitrogens with zero attached hydrogens (tertiary/aromatic N) is 1. The molecule has 1 aliphatic rings. The van der Waals surface area contributed by atoms with Crippen molar-refractivity contribution in [3.63, 3.8) is 0 Å². The van der Waals surface area contributed by atoms with Gasteiger partial charge in [0, 0.05) is 18.7 Å². The van der Waals surface area contributed by atoms with E-state index in [4.69, 9.17) is 14.2 Å². The van der Waals surface area contributed by atoms with Crippen molar-refractivity contribution in [2.75, 3.05) is 34.4 Å². The highest BCUT2D eigenvalue weighted by molar-refractivity contribution is 8.18. The quantitative estimate of drug-likeness (QED) is 0.628. The highest BCUT2D eigenvalue weighted by Gasteiger charge is 2.34. The molecule has 0 aromatic heterocycles. The van der Waals surface area contributed by atoms with Gasteiger partial charge in [-0.2, -0.15) is 0 Å². The standard InChI is InChI=1S/C22H22N2O6S/c1-28-16-11-14(12-17(29-2)19(16)30-3)13-18-21(26)24(22(27)31-18)10-9-23-20(25)15-7-5-4-6-8-15/h4-8,11-13H,9-10H2,1-3H3,(H,23,25)/b18-13+. The summed E-state index contributed by atoms with van der Waals surface area (Å²) in [6, 6.07) is 12.1. The van der Waals surface area contributed by atoms with Gasteiger partial charge >= 0.3 is 0 Å². The number of amides is 3. The fraction of sp³-hybridized carbons (Fsp3) is 0.227. The Morgan fingerprint density at radius 1 is 1.03 bits per heavy atom. The van der Waals surface area contributed by atoms with Gasteiger partial charge in [-0.05, 0) is 47.7 Å². The van der Waals surface area contributed by atoms with Crippen LogP contribution in [0.25, 0.3) is 6.08 Å². The molecule has 3 rings (SSSR count). The van der Waals surface area contributed by atoms with E-state index in [1.54, 1.807) is 42.5 Å². The first-order valence-corrected chi connectivity index (χ1v) is 10.2. The monoisotopic (exact) mass is 442 g/mol. The largest absolute Gasteiger partial charge is 0.493 e. The van der Waals surface area contributed by atoms with Gasteiger partial charge in [0.05, 0.1) is 26.2 Å². The lowest BCUT2D eigenvalue weighted by Crippen LogP contribution is -2.37. The van der Waals surface area contributed by atoms with Crippen LogP contribution < -0.4 is 19.5 Å². The van der Waals surface area contributed by atoms with E-state index in [0.29, 0.717) is 28.4 Å². The minimum atomic E-state index is -0.419. The first-order valence-electron chi connectivity index (χ1n) is 9.37. The summed E-state index contributed by atoms with van der Waals surface area (Å²) in [4.78, 5) is 38.5. The van der Waals surface area contributed by atoms with Gasteiger partial charge in [-0.15, -0.1) is 0 Å². The molecule has 0 radical (unpaired) electrons. The van der Waals surface area contributed by atoms with Crippen molar-refractivity contribution in [3.8, 4) is 17.2 Å². The van der Waals surface area contributed by atoms with Gasteiger partial charge in [0.2, 0.25) is 5.75 Å². The highest BCUT2D eigenvalue weighted by atomic mass is 32.2. The maximum Gasteiger partial charge on any atom is 0.293 e. The highest BCUT2D eigenvalue weighted by Crippen LogP contribution is 2.40. The average Bonchev–Trinajstić information content (AvgIpc) is 3.06. The number of benzene rings is 2. The molecule has 162 valence electrons. The molecule has 2 aromatic carbocycles. The number of methoxy groups -OCH3 is 3. The molecule has 0 unspecified atom stereocenters. The lowest BCUT2D eigenvalue weighted by atomic mass is 10.1. The second-order valence-electron chi connectivity index (χ2n) is 6.41. The lowest BCUT2D eigenvalue weighted by molar-refractivity contribution is -0.122. The Hall–Kier alpha value is -3.46. The summed E-state index contributed by atoms with van der Waals surface area (Å²) in [6.45, 7) is 0.235. The molecule has 8 nitrogen and oxygen atoms in total. The minimum absolute atomic E-state index is 0.0792. The van der Waals surface area contributed by atoms with Crippen LogP contribution in [0, 0.1) is 0 Å². The summed E-state index contributed by atoms with van der Waals surface area (Å²) >= 11 is 0.842. The van der Waals surface area contributed by atoms with Gasteiger partial charge < -0.3 is 19.5 Å². The summed E-state index contributed by atoms with van der Waals surface area (Å²) in [7, 11) is 4.50. The van der Waals surface area contributed by atoms with Crippen LogP contribution in [0.1, 0.15) is 15.9 Å². The molecular weight excluding hydrogens is 420 g/mol. The summed E-state index contributed by atoms with van der Waals surface area (Å²) in [5, 5.41) is 2.32. The van der Waals surface area contributed by atoms with E-state index >= 15 is 0 Å². The molecule has 0 spiro atoms. The van der Waals surface area contributed by atoms with Crippen LogP contribution in [0.2, 0.25) is 0 Å². The third-order valence-corrected chi connectivity index (χ3v) is 5.42. The van der Waals surface area contributed by atoms with E-state index in [1.807, 2.05) is 6.07 Å². The topological polar surface area (TPSA) is 94.2 Å². The Kier molecular flexibility index (Phi) is 7.19. The smallest absolute Gasteiger partial charge is 0.293 e. The molecule has 1 saturated heterocycles. The van der Waals surface area contributed by atoms with Crippen LogP contribution in [0.5, 0.6) is 17.2 Å². The maximum atomic E-state index is 12.7. The summed E-state index contributed by atoms with van der Waals surface area (Å²) in [5.41, 5.74) is 1.14. The molecule has 3 amide bonds. The molecule has 0 aliphatic carbocycles. The number of carbonyl (C=O) groups is 3. The molecule has 1 aliphatic heterocycles. The second-order valence-corrected chi connectivity index (χ2v) is 7.41. The van der Waals surface area contributed by atoms with Gasteiger partial charge in [0.1, 0.15) is 0 Å². The predicted octanol–water partition coefficient (Wildman–Crippen LogP) is 3.18. The van der Waals surface area contributed by atoms with E-state index < -0.39 is 11.1 Å². The third kappa shape index (κ3) is 5.00. The van der Waals surface area contributed by atoms with Crippen molar-refractivity contribution in [1.82, 2.24) is 10.2 Å². The average molecular weight is 442 g/mol. The maximum absolute atomic E-state index is 12.7. The van der Waals surface area contributed by atoms with Gasteiger partial charge in [-0.3, -0.25) is 19.3 Å². The first kappa shape index (κ1) is 22.2. The fourth-order valence-electron chi connectivity index (χ4n) is 3.00. The van der Waals surface area contributed by atoms with Crippen LogP contribution in [-0.4, -0.2) is 56.4 Å². The number of hydrogen-bond donors (Lipinski definition) is 1. The summed E-state index contributed by atoms with van der Waals surface area (Å²) < 4.78 is 15.9. The van der Waals surface area contributed by atoms with Crippen molar-refractivity contribution in [3.05, 3.63) is 58.5 Å². The Labute approximate surface area is 184 Å². The number of carbonyl (C=O) groups excluding carboxylic acids is 3. The van der Waals surface area contributed by atoms with Crippen molar-refractivity contribution < 1.29 is 28.6 Å². The summed E-state index contributed by atoms with van der Waals surface area (Å²) in [6.07, 6.45) is 1.60. The van der Waals surface area contributed by atoms with Gasteiger partial charge in [-0.1, -0.05) is 18.2 Å². The number of rotatable bonds is 8. The molecule has 0 atom stereocenters. The normalized spacial score (nSPS) is 14.7. The number of imide groups is 1. The van der Waals surface area contributed by atoms with E-state index in [1.165, 1.54) is 21.3 Å².